The third-order valence-electron chi connectivity index (χ3n) is 3.88. The number of nitrogens with zero attached hydrogens (tertiary/aromatic N) is 4. The van der Waals surface area contributed by atoms with Crippen LogP contribution in [0.3, 0.4) is 0 Å². The molecule has 0 bridgehead atoms. The van der Waals surface area contributed by atoms with Gasteiger partial charge in [-0.05, 0) is 47.6 Å². The van der Waals surface area contributed by atoms with E-state index in [1.54, 1.807) is 6.07 Å². The highest BCUT2D eigenvalue weighted by Gasteiger charge is 2.26. The third kappa shape index (κ3) is 2.77. The first-order chi connectivity index (χ1) is 10.4. The molecular formula is C14H14BrCl2FN4. The number of hydrogen-bond acceptors (Lipinski definition) is 4. The number of rotatable bonds is 1. The van der Waals surface area contributed by atoms with Crippen molar-refractivity contribution in [1.29, 1.82) is 0 Å². The number of anilines is 1. The zero-order valence-electron chi connectivity index (χ0n) is 12.1. The molecule has 1 aliphatic rings. The summed E-state index contributed by atoms with van der Waals surface area (Å²) in [6.07, 6.45) is 0. The largest absolute Gasteiger partial charge is 0.351 e. The molecule has 4 nitrogen and oxygen atoms in total. The summed E-state index contributed by atoms with van der Waals surface area (Å²) >= 11 is 15.2. The van der Waals surface area contributed by atoms with Crippen LogP contribution in [0, 0.1) is 5.82 Å². The second kappa shape index (κ2) is 6.07. The van der Waals surface area contributed by atoms with Gasteiger partial charge in [-0.3, -0.25) is 0 Å². The van der Waals surface area contributed by atoms with Crippen LogP contribution in [0.2, 0.25) is 10.3 Å². The summed E-state index contributed by atoms with van der Waals surface area (Å²) < 4.78 is 14.6. The Balaban J connectivity index is 2.21. The summed E-state index contributed by atoms with van der Waals surface area (Å²) in [5.41, 5.74) is 0.178. The maximum atomic E-state index is 14.4. The van der Waals surface area contributed by atoms with Gasteiger partial charge in [0, 0.05) is 31.1 Å². The lowest BCUT2D eigenvalue weighted by molar-refractivity contribution is 0.275. The van der Waals surface area contributed by atoms with Crippen LogP contribution in [-0.4, -0.2) is 47.6 Å². The van der Waals surface area contributed by atoms with Crippen LogP contribution < -0.4 is 4.90 Å². The summed E-state index contributed by atoms with van der Waals surface area (Å²) in [6.45, 7) is 4.69. The van der Waals surface area contributed by atoms with Gasteiger partial charge in [0.1, 0.15) is 11.3 Å². The Morgan fingerprint density at radius 2 is 2.05 bits per heavy atom. The normalized spacial score (nSPS) is 19.9. The molecule has 0 spiro atoms. The highest BCUT2D eigenvalue weighted by Crippen LogP contribution is 2.36. The maximum Gasteiger partial charge on any atom is 0.225 e. The molecule has 1 aliphatic heterocycles. The second-order valence-corrected chi connectivity index (χ2v) is 7.04. The quantitative estimate of drug-likeness (QED) is 0.528. The zero-order chi connectivity index (χ0) is 16.0. The number of likely N-dealkylation sites (N-methyl/N-ethyl adjacent to an activating group) is 1. The molecule has 8 heteroatoms. The predicted molar refractivity (Wildman–Crippen MR) is 91.5 cm³/mol. The Hall–Kier alpha value is -0.690. The summed E-state index contributed by atoms with van der Waals surface area (Å²) in [6, 6.07) is 1.92. The lowest BCUT2D eigenvalue weighted by atomic mass is 10.1. The van der Waals surface area contributed by atoms with E-state index in [-0.39, 0.29) is 21.3 Å². The molecule has 118 valence electrons. The van der Waals surface area contributed by atoms with E-state index >= 15 is 0 Å². The van der Waals surface area contributed by atoms with E-state index in [0.717, 1.165) is 19.6 Å². The standard InChI is InChI=1S/C14H14BrCl2FN4/c1-7-6-21(2)3-4-22(7)13-8-5-9(16)10(15)11(18)12(8)19-14(17)20-13/h5,7H,3-4,6H2,1-2H3/t7-/m0/s1. The summed E-state index contributed by atoms with van der Waals surface area (Å²) in [7, 11) is 2.08. The van der Waals surface area contributed by atoms with Crippen LogP contribution in [0.1, 0.15) is 6.92 Å². The Morgan fingerprint density at radius 1 is 1.32 bits per heavy atom. The predicted octanol–water partition coefficient (Wildman–Crippen LogP) is 3.98. The lowest BCUT2D eigenvalue weighted by Gasteiger charge is -2.39. The topological polar surface area (TPSA) is 32.3 Å². The van der Waals surface area contributed by atoms with Gasteiger partial charge >= 0.3 is 0 Å². The minimum atomic E-state index is -0.519. The fourth-order valence-electron chi connectivity index (χ4n) is 2.80. The Morgan fingerprint density at radius 3 is 2.73 bits per heavy atom. The monoisotopic (exact) mass is 406 g/mol. The van der Waals surface area contributed by atoms with Gasteiger partial charge < -0.3 is 9.80 Å². The summed E-state index contributed by atoms with van der Waals surface area (Å²) in [5, 5.41) is 0.896. The van der Waals surface area contributed by atoms with Gasteiger partial charge in [0.25, 0.3) is 0 Å². The summed E-state index contributed by atoms with van der Waals surface area (Å²) in [5.74, 6) is 0.110. The molecule has 0 aliphatic carbocycles. The minimum absolute atomic E-state index is 0.0294. The van der Waals surface area contributed by atoms with E-state index < -0.39 is 5.82 Å². The maximum absolute atomic E-state index is 14.4. The molecule has 1 aromatic carbocycles. The Labute approximate surface area is 146 Å². The minimum Gasteiger partial charge on any atom is -0.351 e. The molecule has 0 radical (unpaired) electrons. The molecule has 0 saturated carbocycles. The van der Waals surface area contributed by atoms with Crippen molar-refractivity contribution >= 4 is 55.9 Å². The number of benzene rings is 1. The molecule has 0 unspecified atom stereocenters. The van der Waals surface area contributed by atoms with Crippen LogP contribution in [0.4, 0.5) is 10.2 Å². The van der Waals surface area contributed by atoms with Crippen LogP contribution in [0.5, 0.6) is 0 Å². The fraction of sp³-hybridized carbons (Fsp3) is 0.429. The third-order valence-corrected chi connectivity index (χ3v) is 5.35. The molecule has 22 heavy (non-hydrogen) atoms. The van der Waals surface area contributed by atoms with E-state index in [2.05, 4.69) is 49.7 Å². The first-order valence-electron chi connectivity index (χ1n) is 6.84. The molecule has 2 heterocycles. The van der Waals surface area contributed by atoms with Gasteiger partial charge in [-0.2, -0.15) is 4.98 Å². The van der Waals surface area contributed by atoms with Crippen LogP contribution in [0.25, 0.3) is 10.9 Å². The van der Waals surface area contributed by atoms with E-state index in [0.29, 0.717) is 16.2 Å². The highest BCUT2D eigenvalue weighted by atomic mass is 79.9. The second-order valence-electron chi connectivity index (χ2n) is 5.50. The highest BCUT2D eigenvalue weighted by molar-refractivity contribution is 9.10. The molecule has 1 saturated heterocycles. The average Bonchev–Trinajstić information content (AvgIpc) is 2.46. The Kier molecular flexibility index (Phi) is 4.47. The van der Waals surface area contributed by atoms with Crippen molar-refractivity contribution in [3.8, 4) is 0 Å². The molecular weight excluding hydrogens is 394 g/mol. The first-order valence-corrected chi connectivity index (χ1v) is 8.39. The van der Waals surface area contributed by atoms with Crippen LogP contribution >= 0.6 is 39.1 Å². The zero-order valence-corrected chi connectivity index (χ0v) is 15.2. The van der Waals surface area contributed by atoms with Gasteiger partial charge in [-0.15, -0.1) is 0 Å². The van der Waals surface area contributed by atoms with E-state index in [1.807, 2.05) is 0 Å². The first kappa shape index (κ1) is 16.2. The number of piperazine rings is 1. The molecule has 1 aromatic heterocycles. The smallest absolute Gasteiger partial charge is 0.225 e. The van der Waals surface area contributed by atoms with Gasteiger partial charge in [-0.25, -0.2) is 9.37 Å². The molecule has 0 amide bonds. The molecule has 1 atom stereocenters. The SMILES string of the molecule is C[C@H]1CN(C)CCN1c1nc(Cl)nc2c(F)c(Br)c(Cl)cc12. The van der Waals surface area contributed by atoms with Crippen molar-refractivity contribution in [2.75, 3.05) is 31.6 Å². The average molecular weight is 408 g/mol. The van der Waals surface area contributed by atoms with Crippen molar-refractivity contribution in [3.63, 3.8) is 0 Å². The number of aromatic nitrogens is 2. The van der Waals surface area contributed by atoms with E-state index in [4.69, 9.17) is 23.2 Å². The molecule has 0 N–H and O–H groups in total. The van der Waals surface area contributed by atoms with Crippen LogP contribution in [-0.2, 0) is 0 Å². The van der Waals surface area contributed by atoms with Crippen molar-refractivity contribution in [3.05, 3.63) is 26.7 Å². The molecule has 2 aromatic rings. The number of hydrogen-bond donors (Lipinski definition) is 0. The Bertz CT molecular complexity index is 743. The van der Waals surface area contributed by atoms with Crippen molar-refractivity contribution in [1.82, 2.24) is 14.9 Å². The van der Waals surface area contributed by atoms with Crippen LogP contribution in [0.15, 0.2) is 10.5 Å². The van der Waals surface area contributed by atoms with Crippen molar-refractivity contribution < 1.29 is 4.39 Å². The van der Waals surface area contributed by atoms with Crippen molar-refractivity contribution in [2.45, 2.75) is 13.0 Å². The van der Waals surface area contributed by atoms with Gasteiger partial charge in [0.05, 0.1) is 9.50 Å². The number of fused-ring (bicyclic) bond motifs is 1. The van der Waals surface area contributed by atoms with E-state index in [1.165, 1.54) is 0 Å². The summed E-state index contributed by atoms with van der Waals surface area (Å²) in [4.78, 5) is 12.7. The number of halogens is 4. The lowest BCUT2D eigenvalue weighted by Crippen LogP contribution is -2.51. The van der Waals surface area contributed by atoms with Crippen molar-refractivity contribution in [2.24, 2.45) is 0 Å². The van der Waals surface area contributed by atoms with Gasteiger partial charge in [-0.1, -0.05) is 11.6 Å². The van der Waals surface area contributed by atoms with E-state index in [9.17, 15) is 4.39 Å². The van der Waals surface area contributed by atoms with Gasteiger partial charge in [0.2, 0.25) is 5.28 Å². The van der Waals surface area contributed by atoms with Gasteiger partial charge in [0.15, 0.2) is 5.82 Å². The molecule has 3 rings (SSSR count). The molecule has 1 fully saturated rings. The fourth-order valence-corrected chi connectivity index (χ4v) is 3.46.